The molecule has 0 radical (unpaired) electrons. The molecule has 2 heteroatoms. The van der Waals surface area contributed by atoms with Gasteiger partial charge in [0.05, 0.1) is 0 Å². The van der Waals surface area contributed by atoms with Crippen molar-refractivity contribution in [3.05, 3.63) is 0 Å². The Bertz CT molecular complexity index is 227. The van der Waals surface area contributed by atoms with Crippen molar-refractivity contribution in [3.63, 3.8) is 0 Å². The van der Waals surface area contributed by atoms with E-state index in [0.717, 1.165) is 12.1 Å². The Morgan fingerprint density at radius 2 is 1.81 bits per heavy atom. The highest BCUT2D eigenvalue weighted by Gasteiger charge is 2.37. The second kappa shape index (κ2) is 4.66. The van der Waals surface area contributed by atoms with Gasteiger partial charge in [0, 0.05) is 31.7 Å². The van der Waals surface area contributed by atoms with E-state index in [1.807, 2.05) is 0 Å². The summed E-state index contributed by atoms with van der Waals surface area (Å²) in [6.07, 6.45) is 4.35. The first-order valence-corrected chi connectivity index (χ1v) is 7.00. The van der Waals surface area contributed by atoms with E-state index in [1.54, 1.807) is 0 Å². The van der Waals surface area contributed by atoms with Crippen molar-refractivity contribution < 1.29 is 0 Å². The molecule has 94 valence electrons. The van der Waals surface area contributed by atoms with Gasteiger partial charge >= 0.3 is 0 Å². The zero-order chi connectivity index (χ0) is 11.8. The molecule has 16 heavy (non-hydrogen) atoms. The third-order valence-electron chi connectivity index (χ3n) is 4.52. The highest BCUT2D eigenvalue weighted by molar-refractivity contribution is 4.93. The highest BCUT2D eigenvalue weighted by atomic mass is 15.3. The molecule has 1 unspecified atom stereocenters. The molecule has 0 amide bonds. The topological polar surface area (TPSA) is 6.48 Å². The fourth-order valence-electron chi connectivity index (χ4n) is 3.13. The molecular weight excluding hydrogens is 196 g/mol. The standard InChI is InChI=1S/C14H28N2/c1-5-15-9-10-16(12-7-6-8-12)11-13(15)14(2,3)4/h12-13H,5-11H2,1-4H3. The van der Waals surface area contributed by atoms with Crippen LogP contribution < -0.4 is 0 Å². The van der Waals surface area contributed by atoms with Crippen LogP contribution in [0.1, 0.15) is 47.0 Å². The van der Waals surface area contributed by atoms with Gasteiger partial charge in [-0.2, -0.15) is 0 Å². The number of hydrogen-bond acceptors (Lipinski definition) is 2. The molecule has 1 heterocycles. The van der Waals surface area contributed by atoms with Crippen molar-refractivity contribution in [3.8, 4) is 0 Å². The third-order valence-corrected chi connectivity index (χ3v) is 4.52. The van der Waals surface area contributed by atoms with Gasteiger partial charge in [0.1, 0.15) is 0 Å². The van der Waals surface area contributed by atoms with E-state index in [1.165, 1.54) is 45.4 Å². The van der Waals surface area contributed by atoms with E-state index in [4.69, 9.17) is 0 Å². The zero-order valence-electron chi connectivity index (χ0n) is 11.5. The Morgan fingerprint density at radius 3 is 2.25 bits per heavy atom. The molecule has 0 bridgehead atoms. The molecule has 2 nitrogen and oxygen atoms in total. The summed E-state index contributed by atoms with van der Waals surface area (Å²) in [6.45, 7) is 14.6. The van der Waals surface area contributed by atoms with Crippen LogP contribution in [-0.2, 0) is 0 Å². The van der Waals surface area contributed by atoms with E-state index < -0.39 is 0 Å². The third kappa shape index (κ3) is 2.43. The number of piperazine rings is 1. The fourth-order valence-corrected chi connectivity index (χ4v) is 3.13. The predicted molar refractivity (Wildman–Crippen MR) is 69.7 cm³/mol. The molecule has 2 aliphatic rings. The Labute approximate surface area is 101 Å². The maximum absolute atomic E-state index is 2.76. The summed E-state index contributed by atoms with van der Waals surface area (Å²) in [5.41, 5.74) is 0.415. The van der Waals surface area contributed by atoms with Crippen molar-refractivity contribution >= 4 is 0 Å². The minimum Gasteiger partial charge on any atom is -0.298 e. The molecule has 1 saturated carbocycles. The van der Waals surface area contributed by atoms with Gasteiger partial charge in [0.25, 0.3) is 0 Å². The maximum Gasteiger partial charge on any atom is 0.0272 e. The Kier molecular flexibility index (Phi) is 3.60. The van der Waals surface area contributed by atoms with E-state index in [0.29, 0.717) is 5.41 Å². The van der Waals surface area contributed by atoms with Gasteiger partial charge in [-0.15, -0.1) is 0 Å². The molecule has 2 rings (SSSR count). The number of likely N-dealkylation sites (N-methyl/N-ethyl adjacent to an activating group) is 1. The van der Waals surface area contributed by atoms with Gasteiger partial charge in [0.15, 0.2) is 0 Å². The molecule has 1 atom stereocenters. The van der Waals surface area contributed by atoms with Crippen LogP contribution in [0, 0.1) is 5.41 Å². The maximum atomic E-state index is 2.76. The lowest BCUT2D eigenvalue weighted by Gasteiger charge is -2.50. The quantitative estimate of drug-likeness (QED) is 0.711. The molecule has 0 N–H and O–H groups in total. The van der Waals surface area contributed by atoms with Crippen LogP contribution in [0.25, 0.3) is 0 Å². The van der Waals surface area contributed by atoms with E-state index >= 15 is 0 Å². The molecule has 0 aromatic rings. The molecule has 1 aliphatic heterocycles. The SMILES string of the molecule is CCN1CCN(C2CCC2)CC1C(C)(C)C. The lowest BCUT2D eigenvalue weighted by molar-refractivity contribution is -0.0142. The molecule has 0 spiro atoms. The summed E-state index contributed by atoms with van der Waals surface area (Å²) in [5, 5.41) is 0. The number of rotatable bonds is 2. The van der Waals surface area contributed by atoms with E-state index in [2.05, 4.69) is 37.5 Å². The first kappa shape index (κ1) is 12.4. The van der Waals surface area contributed by atoms with Crippen molar-refractivity contribution in [2.45, 2.75) is 59.0 Å². The number of nitrogens with zero attached hydrogens (tertiary/aromatic N) is 2. The van der Waals surface area contributed by atoms with Crippen LogP contribution in [0.4, 0.5) is 0 Å². The fraction of sp³-hybridized carbons (Fsp3) is 1.00. The van der Waals surface area contributed by atoms with E-state index in [9.17, 15) is 0 Å². The van der Waals surface area contributed by atoms with Gasteiger partial charge in [-0.1, -0.05) is 34.1 Å². The zero-order valence-corrected chi connectivity index (χ0v) is 11.5. The monoisotopic (exact) mass is 224 g/mol. The minimum absolute atomic E-state index is 0.415. The van der Waals surface area contributed by atoms with Crippen molar-refractivity contribution in [1.82, 2.24) is 9.80 Å². The largest absolute Gasteiger partial charge is 0.298 e. The molecular formula is C14H28N2. The van der Waals surface area contributed by atoms with Crippen LogP contribution >= 0.6 is 0 Å². The van der Waals surface area contributed by atoms with Gasteiger partial charge in [-0.25, -0.2) is 0 Å². The van der Waals surface area contributed by atoms with Crippen LogP contribution in [0.3, 0.4) is 0 Å². The van der Waals surface area contributed by atoms with Crippen molar-refractivity contribution in [2.75, 3.05) is 26.2 Å². The average molecular weight is 224 g/mol. The summed E-state index contributed by atoms with van der Waals surface area (Å²) in [4.78, 5) is 5.43. The average Bonchev–Trinajstić information content (AvgIpc) is 2.13. The smallest absolute Gasteiger partial charge is 0.0272 e. The van der Waals surface area contributed by atoms with Crippen LogP contribution in [-0.4, -0.2) is 48.1 Å². The summed E-state index contributed by atoms with van der Waals surface area (Å²) in [6, 6.07) is 1.66. The molecule has 0 aromatic heterocycles. The van der Waals surface area contributed by atoms with E-state index in [-0.39, 0.29) is 0 Å². The van der Waals surface area contributed by atoms with Gasteiger partial charge in [0.2, 0.25) is 0 Å². The first-order valence-electron chi connectivity index (χ1n) is 7.00. The normalized spacial score (nSPS) is 30.4. The lowest BCUT2D eigenvalue weighted by Crippen LogP contribution is -2.60. The Morgan fingerprint density at radius 1 is 1.12 bits per heavy atom. The van der Waals surface area contributed by atoms with Gasteiger partial charge in [-0.05, 0) is 24.8 Å². The second-order valence-corrected chi connectivity index (χ2v) is 6.59. The van der Waals surface area contributed by atoms with Crippen molar-refractivity contribution in [1.29, 1.82) is 0 Å². The predicted octanol–water partition coefficient (Wildman–Crippen LogP) is 2.59. The summed E-state index contributed by atoms with van der Waals surface area (Å²) < 4.78 is 0. The molecule has 0 aromatic carbocycles. The highest BCUT2D eigenvalue weighted by Crippen LogP contribution is 2.32. The summed E-state index contributed by atoms with van der Waals surface area (Å²) in [5.74, 6) is 0. The summed E-state index contributed by atoms with van der Waals surface area (Å²) >= 11 is 0. The van der Waals surface area contributed by atoms with Crippen LogP contribution in [0.15, 0.2) is 0 Å². The Hall–Kier alpha value is -0.0800. The second-order valence-electron chi connectivity index (χ2n) is 6.59. The Balaban J connectivity index is 1.99. The van der Waals surface area contributed by atoms with Crippen molar-refractivity contribution in [2.24, 2.45) is 5.41 Å². The molecule has 2 fully saturated rings. The molecule has 1 saturated heterocycles. The van der Waals surface area contributed by atoms with Gasteiger partial charge < -0.3 is 0 Å². The van der Waals surface area contributed by atoms with Crippen LogP contribution in [0.2, 0.25) is 0 Å². The minimum atomic E-state index is 0.415. The number of hydrogen-bond donors (Lipinski definition) is 0. The lowest BCUT2D eigenvalue weighted by atomic mass is 9.82. The molecule has 1 aliphatic carbocycles. The first-order chi connectivity index (χ1) is 7.52. The van der Waals surface area contributed by atoms with Gasteiger partial charge in [-0.3, -0.25) is 9.80 Å². The summed E-state index contributed by atoms with van der Waals surface area (Å²) in [7, 11) is 0. The van der Waals surface area contributed by atoms with Crippen LogP contribution in [0.5, 0.6) is 0 Å².